The lowest BCUT2D eigenvalue weighted by molar-refractivity contribution is 0.291. The molecule has 2 nitrogen and oxygen atoms in total. The van der Waals surface area contributed by atoms with Crippen molar-refractivity contribution < 1.29 is 0 Å². The molecule has 0 atom stereocenters. The summed E-state index contributed by atoms with van der Waals surface area (Å²) in [5.41, 5.74) is 3.98. The number of rotatable bonds is 7. The molecule has 0 radical (unpaired) electrons. The molecule has 2 aromatic carbocycles. The molecule has 0 unspecified atom stereocenters. The first kappa shape index (κ1) is 17.1. The van der Waals surface area contributed by atoms with Gasteiger partial charge in [-0.3, -0.25) is 0 Å². The van der Waals surface area contributed by atoms with Crippen LogP contribution >= 0.6 is 12.6 Å². The fourth-order valence-electron chi connectivity index (χ4n) is 3.31. The molecule has 126 valence electrons. The van der Waals surface area contributed by atoms with Gasteiger partial charge >= 0.3 is 0 Å². The molecular formula is C21H26N2S. The fraction of sp³-hybridized carbons (Fsp3) is 0.333. The van der Waals surface area contributed by atoms with Crippen molar-refractivity contribution in [1.29, 1.82) is 0 Å². The molecule has 0 aliphatic rings. The Balaban J connectivity index is 1.94. The summed E-state index contributed by atoms with van der Waals surface area (Å²) in [6.07, 6.45) is 0.923. The van der Waals surface area contributed by atoms with E-state index in [0.29, 0.717) is 0 Å². The minimum Gasteiger partial charge on any atom is -0.343 e. The summed E-state index contributed by atoms with van der Waals surface area (Å²) in [6.45, 7) is 8.78. The van der Waals surface area contributed by atoms with Crippen molar-refractivity contribution in [2.45, 2.75) is 31.7 Å². The molecule has 3 heteroatoms. The topological polar surface area (TPSA) is 8.17 Å². The van der Waals surface area contributed by atoms with Crippen molar-refractivity contribution in [2.24, 2.45) is 0 Å². The Morgan fingerprint density at radius 2 is 1.67 bits per heavy atom. The number of hydrogen-bond acceptors (Lipinski definition) is 2. The third-order valence-corrected chi connectivity index (χ3v) is 5.23. The van der Waals surface area contributed by atoms with Crippen molar-refractivity contribution in [1.82, 2.24) is 9.47 Å². The van der Waals surface area contributed by atoms with Gasteiger partial charge in [-0.15, -0.1) is 12.6 Å². The predicted octanol–water partition coefficient (Wildman–Crippen LogP) is 4.86. The largest absolute Gasteiger partial charge is 0.343 e. The van der Waals surface area contributed by atoms with E-state index in [2.05, 4.69) is 84.5 Å². The average Bonchev–Trinajstić information content (AvgIpc) is 2.95. The summed E-state index contributed by atoms with van der Waals surface area (Å²) in [5.74, 6) is 0. The van der Waals surface area contributed by atoms with Crippen LogP contribution in [0.4, 0.5) is 0 Å². The van der Waals surface area contributed by atoms with E-state index in [1.165, 1.54) is 22.2 Å². The summed E-state index contributed by atoms with van der Waals surface area (Å²) in [4.78, 5) is 3.54. The van der Waals surface area contributed by atoms with Crippen LogP contribution in [0.5, 0.6) is 0 Å². The molecule has 0 fully saturated rings. The monoisotopic (exact) mass is 338 g/mol. The molecule has 1 heterocycles. The normalized spacial score (nSPS) is 11.5. The van der Waals surface area contributed by atoms with Gasteiger partial charge in [0.2, 0.25) is 0 Å². The van der Waals surface area contributed by atoms with E-state index >= 15 is 0 Å². The van der Waals surface area contributed by atoms with Crippen molar-refractivity contribution in [3.8, 4) is 0 Å². The maximum absolute atomic E-state index is 4.62. The van der Waals surface area contributed by atoms with Crippen molar-refractivity contribution >= 4 is 23.5 Å². The number of hydrogen-bond donors (Lipinski definition) is 1. The number of para-hydroxylation sites is 1. The number of fused-ring (bicyclic) bond motifs is 1. The molecule has 0 spiro atoms. The summed E-state index contributed by atoms with van der Waals surface area (Å²) >= 11 is 4.62. The van der Waals surface area contributed by atoms with Gasteiger partial charge in [-0.25, -0.2) is 0 Å². The van der Waals surface area contributed by atoms with Crippen LogP contribution < -0.4 is 0 Å². The van der Waals surface area contributed by atoms with Crippen LogP contribution in [0.3, 0.4) is 0 Å². The van der Waals surface area contributed by atoms with Crippen LogP contribution in [0.25, 0.3) is 10.9 Å². The zero-order chi connectivity index (χ0) is 16.9. The maximum atomic E-state index is 4.62. The van der Waals surface area contributed by atoms with Gasteiger partial charge in [-0.2, -0.15) is 0 Å². The number of aromatic nitrogens is 1. The Kier molecular flexibility index (Phi) is 5.64. The zero-order valence-corrected chi connectivity index (χ0v) is 15.5. The molecule has 3 rings (SSSR count). The Hall–Kier alpha value is -1.71. The minimum absolute atomic E-state index is 0.923. The van der Waals surface area contributed by atoms with Crippen molar-refractivity contribution in [2.75, 3.05) is 19.6 Å². The highest BCUT2D eigenvalue weighted by atomic mass is 32.1. The van der Waals surface area contributed by atoms with E-state index in [-0.39, 0.29) is 0 Å². The summed E-state index contributed by atoms with van der Waals surface area (Å²) in [5, 5.41) is 1.32. The van der Waals surface area contributed by atoms with Gasteiger partial charge in [-0.05, 0) is 42.2 Å². The highest BCUT2D eigenvalue weighted by molar-refractivity contribution is 7.80. The van der Waals surface area contributed by atoms with E-state index in [1.54, 1.807) is 0 Å². The molecular weight excluding hydrogens is 312 g/mol. The van der Waals surface area contributed by atoms with E-state index in [4.69, 9.17) is 0 Å². The molecule has 0 saturated heterocycles. The van der Waals surface area contributed by atoms with Crippen LogP contribution in [0.1, 0.15) is 25.1 Å². The second kappa shape index (κ2) is 7.91. The molecule has 0 N–H and O–H groups in total. The lowest BCUT2D eigenvalue weighted by Crippen LogP contribution is -2.27. The zero-order valence-electron chi connectivity index (χ0n) is 14.6. The molecule has 0 bridgehead atoms. The van der Waals surface area contributed by atoms with E-state index in [0.717, 1.165) is 37.5 Å². The second-order valence-corrected chi connectivity index (χ2v) is 6.66. The molecule has 0 saturated carbocycles. The third kappa shape index (κ3) is 3.68. The van der Waals surface area contributed by atoms with Crippen LogP contribution in [0, 0.1) is 0 Å². The SMILES string of the molecule is CCN(CC)CCn1c(Cc2ccccc2S)cc2ccccc21. The lowest BCUT2D eigenvalue weighted by atomic mass is 10.1. The maximum Gasteiger partial charge on any atom is 0.0483 e. The van der Waals surface area contributed by atoms with Gasteiger partial charge in [0.05, 0.1) is 0 Å². The van der Waals surface area contributed by atoms with Crippen LogP contribution in [-0.2, 0) is 13.0 Å². The molecule has 3 aromatic rings. The summed E-state index contributed by atoms with van der Waals surface area (Å²) in [6, 6.07) is 19.4. The molecule has 0 aliphatic heterocycles. The third-order valence-electron chi connectivity index (χ3n) is 4.79. The van der Waals surface area contributed by atoms with Crippen LogP contribution in [0.2, 0.25) is 0 Å². The Morgan fingerprint density at radius 3 is 2.42 bits per heavy atom. The number of likely N-dealkylation sites (N-methyl/N-ethyl adjacent to an activating group) is 1. The highest BCUT2D eigenvalue weighted by Gasteiger charge is 2.11. The Bertz CT molecular complexity index is 802. The predicted molar refractivity (Wildman–Crippen MR) is 106 cm³/mol. The van der Waals surface area contributed by atoms with Gasteiger partial charge in [0.1, 0.15) is 0 Å². The first-order chi connectivity index (χ1) is 11.7. The Morgan fingerprint density at radius 1 is 0.958 bits per heavy atom. The highest BCUT2D eigenvalue weighted by Crippen LogP contribution is 2.24. The average molecular weight is 339 g/mol. The standard InChI is InChI=1S/C21H26N2S/c1-3-22(4-2)13-14-23-19(15-17-9-5-7-11-20(17)23)16-18-10-6-8-12-21(18)24/h5-12,15,24H,3-4,13-14,16H2,1-2H3. The van der Waals surface area contributed by atoms with Crippen molar-refractivity contribution in [3.05, 3.63) is 65.9 Å². The summed E-state index contributed by atoms with van der Waals surface area (Å²) < 4.78 is 2.48. The second-order valence-electron chi connectivity index (χ2n) is 6.18. The number of nitrogens with zero attached hydrogens (tertiary/aromatic N) is 2. The molecule has 1 aromatic heterocycles. The first-order valence-corrected chi connectivity index (χ1v) is 9.24. The summed E-state index contributed by atoms with van der Waals surface area (Å²) in [7, 11) is 0. The van der Waals surface area contributed by atoms with Crippen LogP contribution in [-0.4, -0.2) is 29.1 Å². The fourth-order valence-corrected chi connectivity index (χ4v) is 3.55. The molecule has 24 heavy (non-hydrogen) atoms. The van der Waals surface area contributed by atoms with Gasteiger partial charge in [0.25, 0.3) is 0 Å². The smallest absolute Gasteiger partial charge is 0.0483 e. The van der Waals surface area contributed by atoms with Gasteiger partial charge in [0.15, 0.2) is 0 Å². The van der Waals surface area contributed by atoms with Gasteiger partial charge in [0, 0.05) is 35.6 Å². The van der Waals surface area contributed by atoms with Crippen LogP contribution in [0.15, 0.2) is 59.5 Å². The van der Waals surface area contributed by atoms with Crippen molar-refractivity contribution in [3.63, 3.8) is 0 Å². The first-order valence-electron chi connectivity index (χ1n) is 8.79. The van der Waals surface area contributed by atoms with E-state index < -0.39 is 0 Å². The molecule has 0 aliphatic carbocycles. The lowest BCUT2D eigenvalue weighted by Gasteiger charge is -2.20. The Labute approximate surface area is 150 Å². The van der Waals surface area contributed by atoms with E-state index in [1.807, 2.05) is 6.07 Å². The molecule has 0 amide bonds. The minimum atomic E-state index is 0.923. The number of benzene rings is 2. The van der Waals surface area contributed by atoms with E-state index in [9.17, 15) is 0 Å². The quantitative estimate of drug-likeness (QED) is 0.605. The van der Waals surface area contributed by atoms with Gasteiger partial charge in [-0.1, -0.05) is 50.2 Å². The number of thiol groups is 1. The van der Waals surface area contributed by atoms with Gasteiger partial charge < -0.3 is 9.47 Å².